The summed E-state index contributed by atoms with van der Waals surface area (Å²) in [5.41, 5.74) is 3.42. The summed E-state index contributed by atoms with van der Waals surface area (Å²) < 4.78 is 0.668. The van der Waals surface area contributed by atoms with E-state index in [-0.39, 0.29) is 11.3 Å². The summed E-state index contributed by atoms with van der Waals surface area (Å²) in [6.45, 7) is 3.77. The number of ketones is 1. The minimum absolute atomic E-state index is 0.0571. The first-order valence-corrected chi connectivity index (χ1v) is 14.0. The number of aliphatic hydroxyl groups excluding tert-OH is 1. The molecule has 1 aliphatic heterocycles. The summed E-state index contributed by atoms with van der Waals surface area (Å²) in [5, 5.41) is 22.7. The SMILES string of the molecule is Cc1ccc(C)c(C(O)=C2C(=O)C(=O)N(c3nnc(SCc4ccc(Cl)cc4)s3)C2c2cccs2)c1. The molecule has 10 heteroatoms. The van der Waals surface area contributed by atoms with E-state index in [1.807, 2.05) is 73.8 Å². The Balaban J connectivity index is 1.52. The Morgan fingerprint density at radius 1 is 1.11 bits per heavy atom. The molecule has 0 spiro atoms. The maximum atomic E-state index is 13.3. The normalized spacial score (nSPS) is 17.2. The number of anilines is 1. The molecule has 1 amide bonds. The first-order valence-electron chi connectivity index (χ1n) is 11.0. The van der Waals surface area contributed by atoms with Gasteiger partial charge in [0.1, 0.15) is 11.8 Å². The molecule has 0 radical (unpaired) electrons. The zero-order valence-corrected chi connectivity index (χ0v) is 22.5. The summed E-state index contributed by atoms with van der Waals surface area (Å²) in [6.07, 6.45) is 0. The van der Waals surface area contributed by atoms with Crippen LogP contribution in [-0.4, -0.2) is 27.0 Å². The van der Waals surface area contributed by atoms with Crippen LogP contribution >= 0.6 is 46.0 Å². The second-order valence-corrected chi connectivity index (χ2v) is 11.9. The molecule has 5 rings (SSSR count). The largest absolute Gasteiger partial charge is 0.507 e. The molecule has 1 unspecified atom stereocenters. The molecule has 2 aromatic heterocycles. The van der Waals surface area contributed by atoms with Gasteiger partial charge in [0.25, 0.3) is 5.78 Å². The van der Waals surface area contributed by atoms with E-state index < -0.39 is 17.7 Å². The third kappa shape index (κ3) is 4.71. The van der Waals surface area contributed by atoms with Gasteiger partial charge in [-0.2, -0.15) is 0 Å². The Morgan fingerprint density at radius 3 is 2.61 bits per heavy atom. The molecule has 0 bridgehead atoms. The summed E-state index contributed by atoms with van der Waals surface area (Å²) in [7, 11) is 0. The number of aromatic nitrogens is 2. The summed E-state index contributed by atoms with van der Waals surface area (Å²) >= 11 is 10.1. The first kappa shape index (κ1) is 24.7. The summed E-state index contributed by atoms with van der Waals surface area (Å²) in [6, 6.07) is 16.1. The molecule has 182 valence electrons. The smallest absolute Gasteiger partial charge is 0.301 e. The van der Waals surface area contributed by atoms with Gasteiger partial charge in [-0.15, -0.1) is 21.5 Å². The number of hydrogen-bond donors (Lipinski definition) is 1. The number of carbonyl (C=O) groups excluding carboxylic acids is 2. The maximum absolute atomic E-state index is 13.3. The lowest BCUT2D eigenvalue weighted by molar-refractivity contribution is -0.132. The van der Waals surface area contributed by atoms with Crippen molar-refractivity contribution in [2.24, 2.45) is 0 Å². The lowest BCUT2D eigenvalue weighted by atomic mass is 9.96. The number of carbonyl (C=O) groups is 2. The van der Waals surface area contributed by atoms with E-state index in [2.05, 4.69) is 10.2 Å². The fraction of sp³-hybridized carbons (Fsp3) is 0.154. The van der Waals surface area contributed by atoms with Crippen molar-refractivity contribution in [2.75, 3.05) is 4.90 Å². The second kappa shape index (κ2) is 10.2. The monoisotopic (exact) mass is 553 g/mol. The molecule has 1 N–H and O–H groups in total. The number of benzene rings is 2. The molecule has 1 fully saturated rings. The van der Waals surface area contributed by atoms with Gasteiger partial charge in [-0.1, -0.05) is 70.6 Å². The van der Waals surface area contributed by atoms with Gasteiger partial charge in [-0.3, -0.25) is 14.5 Å². The van der Waals surface area contributed by atoms with E-state index in [1.54, 1.807) is 0 Å². The third-order valence-electron chi connectivity index (χ3n) is 5.78. The number of aliphatic hydroxyl groups is 1. The minimum atomic E-state index is -0.785. The van der Waals surface area contributed by atoms with Gasteiger partial charge in [0.15, 0.2) is 4.34 Å². The van der Waals surface area contributed by atoms with Crippen LogP contribution in [0.1, 0.15) is 33.2 Å². The van der Waals surface area contributed by atoms with Crippen molar-refractivity contribution in [1.82, 2.24) is 10.2 Å². The highest BCUT2D eigenvalue weighted by Crippen LogP contribution is 2.45. The van der Waals surface area contributed by atoms with Crippen LogP contribution in [0.5, 0.6) is 0 Å². The average Bonchev–Trinajstić information content (AvgIpc) is 3.61. The van der Waals surface area contributed by atoms with Crippen molar-refractivity contribution >= 4 is 68.6 Å². The minimum Gasteiger partial charge on any atom is -0.507 e. The second-order valence-electron chi connectivity index (χ2n) is 8.27. The van der Waals surface area contributed by atoms with Gasteiger partial charge in [-0.25, -0.2) is 0 Å². The standard InChI is InChI=1S/C26H20ClN3O3S3/c1-14-5-6-15(2)18(12-14)22(31)20-21(19-4-3-11-34-19)30(24(33)23(20)32)25-28-29-26(36-25)35-13-16-7-9-17(27)10-8-16/h3-12,21,31H,13H2,1-2H3. The van der Waals surface area contributed by atoms with Crippen molar-refractivity contribution in [1.29, 1.82) is 0 Å². The van der Waals surface area contributed by atoms with Crippen LogP contribution in [-0.2, 0) is 15.3 Å². The Kier molecular flexibility index (Phi) is 6.98. The lowest BCUT2D eigenvalue weighted by Crippen LogP contribution is -2.29. The number of thioether (sulfide) groups is 1. The number of nitrogens with zero attached hydrogens (tertiary/aromatic N) is 3. The van der Waals surface area contributed by atoms with Crippen molar-refractivity contribution in [2.45, 2.75) is 30.0 Å². The van der Waals surface area contributed by atoms with Gasteiger partial charge in [0, 0.05) is 21.2 Å². The van der Waals surface area contributed by atoms with Crippen LogP contribution in [0.2, 0.25) is 5.02 Å². The topological polar surface area (TPSA) is 83.4 Å². The average molecular weight is 554 g/mol. The Hall–Kier alpha value is -2.98. The van der Waals surface area contributed by atoms with Crippen LogP contribution in [0.3, 0.4) is 0 Å². The van der Waals surface area contributed by atoms with Crippen molar-refractivity contribution in [3.63, 3.8) is 0 Å². The van der Waals surface area contributed by atoms with Gasteiger partial charge < -0.3 is 5.11 Å². The van der Waals surface area contributed by atoms with Gasteiger partial charge in [0.2, 0.25) is 5.13 Å². The van der Waals surface area contributed by atoms with E-state index in [4.69, 9.17) is 11.6 Å². The molecular weight excluding hydrogens is 534 g/mol. The number of amides is 1. The predicted molar refractivity (Wildman–Crippen MR) is 146 cm³/mol. The number of Topliss-reactive ketones (excluding diaryl/α,β-unsaturated/α-hetero) is 1. The third-order valence-corrected chi connectivity index (χ3v) is 9.09. The number of aryl methyl sites for hydroxylation is 2. The van der Waals surface area contributed by atoms with Gasteiger partial charge in [-0.05, 0) is 54.6 Å². The fourth-order valence-corrected chi connectivity index (χ4v) is 6.74. The van der Waals surface area contributed by atoms with Crippen molar-refractivity contribution in [3.05, 3.63) is 97.7 Å². The molecule has 1 saturated heterocycles. The highest BCUT2D eigenvalue weighted by Gasteiger charge is 2.49. The molecule has 2 aromatic carbocycles. The molecule has 36 heavy (non-hydrogen) atoms. The van der Waals surface area contributed by atoms with Crippen LogP contribution in [0.4, 0.5) is 5.13 Å². The van der Waals surface area contributed by atoms with E-state index in [9.17, 15) is 14.7 Å². The van der Waals surface area contributed by atoms with E-state index >= 15 is 0 Å². The maximum Gasteiger partial charge on any atom is 0.301 e. The molecule has 1 atom stereocenters. The molecular formula is C26H20ClN3O3S3. The Bertz CT molecular complexity index is 1480. The summed E-state index contributed by atoms with van der Waals surface area (Å²) in [4.78, 5) is 28.7. The molecule has 6 nitrogen and oxygen atoms in total. The first-order chi connectivity index (χ1) is 17.3. The molecule has 3 heterocycles. The van der Waals surface area contributed by atoms with E-state index in [0.717, 1.165) is 21.6 Å². The zero-order chi connectivity index (χ0) is 25.4. The lowest BCUT2D eigenvalue weighted by Gasteiger charge is -2.21. The Labute approximate surface area is 225 Å². The van der Waals surface area contributed by atoms with Crippen LogP contribution in [0, 0.1) is 13.8 Å². The van der Waals surface area contributed by atoms with Gasteiger partial charge >= 0.3 is 5.91 Å². The Morgan fingerprint density at radius 2 is 1.89 bits per heavy atom. The summed E-state index contributed by atoms with van der Waals surface area (Å²) in [5.74, 6) is -0.994. The van der Waals surface area contributed by atoms with Crippen LogP contribution in [0.15, 0.2) is 69.9 Å². The van der Waals surface area contributed by atoms with E-state index in [1.165, 1.54) is 39.3 Å². The molecule has 1 aliphatic rings. The number of rotatable bonds is 6. The predicted octanol–water partition coefficient (Wildman–Crippen LogP) is 6.79. The molecule has 0 saturated carbocycles. The molecule has 0 aliphatic carbocycles. The fourth-order valence-electron chi connectivity index (χ4n) is 3.97. The number of hydrogen-bond acceptors (Lipinski definition) is 8. The van der Waals surface area contributed by atoms with Crippen molar-refractivity contribution in [3.8, 4) is 0 Å². The highest BCUT2D eigenvalue weighted by molar-refractivity contribution is 8.00. The zero-order valence-electron chi connectivity index (χ0n) is 19.3. The number of halogens is 1. The highest BCUT2D eigenvalue weighted by atomic mass is 35.5. The van der Waals surface area contributed by atoms with Crippen molar-refractivity contribution < 1.29 is 14.7 Å². The van der Waals surface area contributed by atoms with Crippen LogP contribution in [0.25, 0.3) is 5.76 Å². The molecule has 4 aromatic rings. The van der Waals surface area contributed by atoms with Crippen LogP contribution < -0.4 is 4.90 Å². The van der Waals surface area contributed by atoms with Gasteiger partial charge in [0.05, 0.1) is 5.57 Å². The van der Waals surface area contributed by atoms with E-state index in [0.29, 0.717) is 25.8 Å². The number of thiophene rings is 1. The quantitative estimate of drug-likeness (QED) is 0.0930.